The molecule has 256 valence electrons. The fourth-order valence-electron chi connectivity index (χ4n) is 8.47. The largest absolute Gasteiger partial charge is 0.454 e. The van der Waals surface area contributed by atoms with Gasteiger partial charge in [-0.3, -0.25) is 4.98 Å². The molecule has 55 heavy (non-hydrogen) atoms. The lowest BCUT2D eigenvalue weighted by Crippen LogP contribution is -1.86. The van der Waals surface area contributed by atoms with Crippen LogP contribution in [0.3, 0.4) is 0 Å². The summed E-state index contributed by atoms with van der Waals surface area (Å²) in [5.74, 6) is 0. The number of hydrogen-bond donors (Lipinski definition) is 0. The second kappa shape index (κ2) is 12.7. The van der Waals surface area contributed by atoms with E-state index >= 15 is 0 Å². The first-order chi connectivity index (χ1) is 27.2. The molecule has 2 heterocycles. The third-order valence-corrected chi connectivity index (χ3v) is 11.1. The van der Waals surface area contributed by atoms with E-state index in [0.717, 1.165) is 38.6 Å². The third kappa shape index (κ3) is 5.30. The van der Waals surface area contributed by atoms with Crippen LogP contribution in [0.5, 0.6) is 0 Å². The van der Waals surface area contributed by atoms with Crippen LogP contribution in [0.4, 0.5) is 0 Å². The molecule has 2 heteroatoms. The summed E-state index contributed by atoms with van der Waals surface area (Å²) in [6.07, 6.45) is 3.61. The molecule has 0 unspecified atom stereocenters. The van der Waals surface area contributed by atoms with Gasteiger partial charge in [0.15, 0.2) is 5.58 Å². The van der Waals surface area contributed by atoms with Crippen LogP contribution in [-0.4, -0.2) is 4.98 Å². The molecule has 0 aliphatic rings. The Kier molecular flexibility index (Phi) is 7.21. The van der Waals surface area contributed by atoms with Crippen LogP contribution in [0.25, 0.3) is 110 Å². The monoisotopic (exact) mass is 699 g/mol. The highest BCUT2D eigenvalue weighted by molar-refractivity contribution is 6.25. The summed E-state index contributed by atoms with van der Waals surface area (Å²) in [6.45, 7) is 0. The van der Waals surface area contributed by atoms with E-state index in [4.69, 9.17) is 4.42 Å². The normalized spacial score (nSPS) is 11.6. The van der Waals surface area contributed by atoms with E-state index < -0.39 is 0 Å². The van der Waals surface area contributed by atoms with Crippen molar-refractivity contribution in [2.45, 2.75) is 0 Å². The van der Waals surface area contributed by atoms with Gasteiger partial charge in [-0.25, -0.2) is 0 Å². The molecular weight excluding hydrogens is 667 g/mol. The predicted molar refractivity (Wildman–Crippen MR) is 231 cm³/mol. The van der Waals surface area contributed by atoms with Crippen molar-refractivity contribution in [3.05, 3.63) is 200 Å². The summed E-state index contributed by atoms with van der Waals surface area (Å²) in [6, 6.07) is 68.3. The Morgan fingerprint density at radius 1 is 0.291 bits per heavy atom. The zero-order valence-electron chi connectivity index (χ0n) is 29.9. The standard InChI is InChI=1S/C53H33NO/c1-2-20-46-44(18-1)45-19-3-4-21-47(45)51-32-41(24-25-48(46)51)39-15-7-13-37(30-39)35-11-5-10-34(28-35)36-12-6-14-38(29-36)40-16-8-17-42(31-40)43-22-9-23-50-49-26-27-54-33-52(49)55-53(43)50/h1-33H. The molecule has 0 aliphatic heterocycles. The molecule has 0 radical (unpaired) electrons. The molecule has 9 aromatic carbocycles. The Balaban J connectivity index is 0.936. The lowest BCUT2D eigenvalue weighted by Gasteiger charge is -2.13. The number of rotatable bonds is 5. The van der Waals surface area contributed by atoms with E-state index in [2.05, 4.69) is 187 Å². The highest BCUT2D eigenvalue weighted by Gasteiger charge is 2.14. The van der Waals surface area contributed by atoms with Gasteiger partial charge in [0, 0.05) is 22.5 Å². The van der Waals surface area contributed by atoms with Crippen molar-refractivity contribution >= 4 is 54.3 Å². The van der Waals surface area contributed by atoms with Crippen molar-refractivity contribution in [3.8, 4) is 55.6 Å². The second-order valence-corrected chi connectivity index (χ2v) is 14.3. The molecule has 0 atom stereocenters. The Hall–Kier alpha value is -7.29. The van der Waals surface area contributed by atoms with Crippen LogP contribution >= 0.6 is 0 Å². The molecule has 0 saturated carbocycles. The van der Waals surface area contributed by atoms with Crippen molar-refractivity contribution < 1.29 is 4.42 Å². The lowest BCUT2D eigenvalue weighted by atomic mass is 9.91. The van der Waals surface area contributed by atoms with Gasteiger partial charge in [0.25, 0.3) is 0 Å². The molecule has 2 aromatic heterocycles. The number of nitrogens with zero attached hydrogens (tertiary/aromatic N) is 1. The van der Waals surface area contributed by atoms with Gasteiger partial charge in [-0.2, -0.15) is 0 Å². The van der Waals surface area contributed by atoms with Crippen molar-refractivity contribution in [3.63, 3.8) is 0 Å². The van der Waals surface area contributed by atoms with Crippen LogP contribution in [0.2, 0.25) is 0 Å². The number of furan rings is 1. The first-order valence-corrected chi connectivity index (χ1v) is 18.8. The Morgan fingerprint density at radius 3 is 1.25 bits per heavy atom. The van der Waals surface area contributed by atoms with Gasteiger partial charge >= 0.3 is 0 Å². The van der Waals surface area contributed by atoms with Crippen LogP contribution in [-0.2, 0) is 0 Å². The Labute approximate surface area is 318 Å². The number of hydrogen-bond acceptors (Lipinski definition) is 2. The van der Waals surface area contributed by atoms with E-state index in [0.29, 0.717) is 0 Å². The Bertz CT molecular complexity index is 3240. The van der Waals surface area contributed by atoms with Crippen LogP contribution in [0.15, 0.2) is 205 Å². The second-order valence-electron chi connectivity index (χ2n) is 14.3. The van der Waals surface area contributed by atoms with Gasteiger partial charge in [-0.1, -0.05) is 152 Å². The lowest BCUT2D eigenvalue weighted by molar-refractivity contribution is 0.668. The molecule has 0 saturated heterocycles. The number of aromatic nitrogens is 1. The summed E-state index contributed by atoms with van der Waals surface area (Å²) in [5.41, 5.74) is 13.4. The topological polar surface area (TPSA) is 26.0 Å². The first kappa shape index (κ1) is 31.3. The summed E-state index contributed by atoms with van der Waals surface area (Å²) >= 11 is 0. The van der Waals surface area contributed by atoms with Crippen LogP contribution in [0.1, 0.15) is 0 Å². The van der Waals surface area contributed by atoms with E-state index in [1.165, 1.54) is 71.3 Å². The maximum atomic E-state index is 6.32. The molecule has 0 bridgehead atoms. The van der Waals surface area contributed by atoms with Crippen LogP contribution < -0.4 is 0 Å². The minimum atomic E-state index is 0.805. The van der Waals surface area contributed by atoms with Crippen LogP contribution in [0, 0.1) is 0 Å². The molecule has 0 aliphatic carbocycles. The summed E-state index contributed by atoms with van der Waals surface area (Å²) in [7, 11) is 0. The maximum Gasteiger partial charge on any atom is 0.153 e. The van der Waals surface area contributed by atoms with Gasteiger partial charge in [0.05, 0.1) is 6.20 Å². The Morgan fingerprint density at radius 2 is 0.709 bits per heavy atom. The average molecular weight is 700 g/mol. The van der Waals surface area contributed by atoms with Gasteiger partial charge in [-0.15, -0.1) is 0 Å². The molecule has 11 rings (SSSR count). The SMILES string of the molecule is c1cc(-c2cccc(-c3cccc(-c4cccc5c4oc4cnccc45)c3)c2)cc(-c2cccc(-c3ccc4c5ccccc5c5ccccc5c4c3)c2)c1. The van der Waals surface area contributed by atoms with Crippen molar-refractivity contribution in [1.29, 1.82) is 0 Å². The van der Waals surface area contributed by atoms with Crippen molar-refractivity contribution in [2.24, 2.45) is 0 Å². The average Bonchev–Trinajstić information content (AvgIpc) is 3.66. The molecule has 2 nitrogen and oxygen atoms in total. The fourth-order valence-corrected chi connectivity index (χ4v) is 8.47. The molecule has 0 spiro atoms. The van der Waals surface area contributed by atoms with E-state index in [1.807, 2.05) is 12.3 Å². The molecule has 0 fully saturated rings. The van der Waals surface area contributed by atoms with Crippen molar-refractivity contribution in [2.75, 3.05) is 0 Å². The third-order valence-electron chi connectivity index (χ3n) is 11.1. The maximum absolute atomic E-state index is 6.32. The molecule has 11 aromatic rings. The minimum Gasteiger partial charge on any atom is -0.454 e. The fraction of sp³-hybridized carbons (Fsp3) is 0. The predicted octanol–water partition coefficient (Wildman–Crippen LogP) is 14.8. The summed E-state index contributed by atoms with van der Waals surface area (Å²) in [5, 5.41) is 9.94. The first-order valence-electron chi connectivity index (χ1n) is 18.8. The minimum absolute atomic E-state index is 0.805. The zero-order chi connectivity index (χ0) is 36.3. The van der Waals surface area contributed by atoms with E-state index in [1.54, 1.807) is 6.20 Å². The highest BCUT2D eigenvalue weighted by Crippen LogP contribution is 2.39. The number of para-hydroxylation sites is 1. The summed E-state index contributed by atoms with van der Waals surface area (Å²) < 4.78 is 6.32. The summed E-state index contributed by atoms with van der Waals surface area (Å²) in [4.78, 5) is 4.27. The highest BCUT2D eigenvalue weighted by atomic mass is 16.3. The number of benzene rings is 9. The molecular formula is C53H33NO. The number of pyridine rings is 1. The van der Waals surface area contributed by atoms with Gasteiger partial charge < -0.3 is 4.42 Å². The molecule has 0 amide bonds. The van der Waals surface area contributed by atoms with Crippen molar-refractivity contribution in [1.82, 2.24) is 4.98 Å². The van der Waals surface area contributed by atoms with Gasteiger partial charge in [0.1, 0.15) is 5.58 Å². The van der Waals surface area contributed by atoms with E-state index in [9.17, 15) is 0 Å². The quantitative estimate of drug-likeness (QED) is 0.167. The van der Waals surface area contributed by atoms with Gasteiger partial charge in [0.2, 0.25) is 0 Å². The van der Waals surface area contributed by atoms with E-state index in [-0.39, 0.29) is 0 Å². The van der Waals surface area contributed by atoms with Gasteiger partial charge in [-0.05, 0) is 119 Å². The molecule has 0 N–H and O–H groups in total. The smallest absolute Gasteiger partial charge is 0.153 e. The number of fused-ring (bicyclic) bond motifs is 9. The zero-order valence-corrected chi connectivity index (χ0v) is 29.9.